The average Bonchev–Trinajstić information content (AvgIpc) is 2.46. The lowest BCUT2D eigenvalue weighted by atomic mass is 10.0. The molecule has 0 radical (unpaired) electrons. The van der Waals surface area contributed by atoms with E-state index in [9.17, 15) is 0 Å². The molecule has 1 saturated heterocycles. The van der Waals surface area contributed by atoms with Crippen LogP contribution in [0.15, 0.2) is 24.3 Å². The second-order valence-corrected chi connectivity index (χ2v) is 3.59. The van der Waals surface area contributed by atoms with Gasteiger partial charge in [-0.05, 0) is 19.9 Å². The molecule has 2 N–H and O–H groups in total. The third kappa shape index (κ3) is 1.61. The Morgan fingerprint density at radius 3 is 2.43 bits per heavy atom. The highest BCUT2D eigenvalue weighted by Gasteiger charge is 2.32. The van der Waals surface area contributed by atoms with Crippen LogP contribution < -0.4 is 5.73 Å². The van der Waals surface area contributed by atoms with E-state index in [2.05, 4.69) is 0 Å². The Morgan fingerprint density at radius 1 is 1.14 bits per heavy atom. The quantitative estimate of drug-likeness (QED) is 0.694. The molecule has 14 heavy (non-hydrogen) atoms. The Hall–Kier alpha value is -1.06. The molecule has 1 heterocycles. The first-order valence-corrected chi connectivity index (χ1v) is 4.84. The van der Waals surface area contributed by atoms with Crippen LogP contribution in [0.5, 0.6) is 0 Å². The summed E-state index contributed by atoms with van der Waals surface area (Å²) < 4.78 is 11.1. The van der Waals surface area contributed by atoms with E-state index in [0.717, 1.165) is 11.3 Å². The van der Waals surface area contributed by atoms with Gasteiger partial charge in [-0.15, -0.1) is 0 Å². The monoisotopic (exact) mass is 193 g/mol. The summed E-state index contributed by atoms with van der Waals surface area (Å²) in [7, 11) is 0. The van der Waals surface area contributed by atoms with E-state index in [-0.39, 0.29) is 18.5 Å². The molecule has 0 saturated carbocycles. The Morgan fingerprint density at radius 2 is 1.86 bits per heavy atom. The molecule has 0 spiro atoms. The summed E-state index contributed by atoms with van der Waals surface area (Å²) in [6, 6.07) is 7.75. The van der Waals surface area contributed by atoms with Gasteiger partial charge in [0.05, 0.1) is 6.10 Å². The van der Waals surface area contributed by atoms with Crippen LogP contribution in [0.25, 0.3) is 0 Å². The predicted octanol–water partition coefficient (Wildman–Crippen LogP) is 2.09. The van der Waals surface area contributed by atoms with Crippen LogP contribution in [-0.2, 0) is 9.47 Å². The minimum atomic E-state index is -0.144. The lowest BCUT2D eigenvalue weighted by Crippen LogP contribution is -2.12. The summed E-state index contributed by atoms with van der Waals surface area (Å²) in [6.45, 7) is 3.90. The minimum Gasteiger partial charge on any atom is -0.398 e. The molecule has 0 aliphatic carbocycles. The van der Waals surface area contributed by atoms with Crippen LogP contribution in [0, 0.1) is 0 Å². The number of anilines is 1. The molecule has 3 nitrogen and oxygen atoms in total. The smallest absolute Gasteiger partial charge is 0.156 e. The van der Waals surface area contributed by atoms with Crippen LogP contribution in [0.1, 0.15) is 25.5 Å². The van der Waals surface area contributed by atoms with Gasteiger partial charge >= 0.3 is 0 Å². The van der Waals surface area contributed by atoms with Crippen molar-refractivity contribution in [3.05, 3.63) is 29.8 Å². The van der Waals surface area contributed by atoms with Crippen molar-refractivity contribution in [1.82, 2.24) is 0 Å². The van der Waals surface area contributed by atoms with E-state index < -0.39 is 0 Å². The van der Waals surface area contributed by atoms with Crippen LogP contribution in [-0.4, -0.2) is 12.4 Å². The Balaban J connectivity index is 2.27. The second kappa shape index (κ2) is 3.59. The number of nitrogen functional groups attached to an aromatic ring is 1. The zero-order valence-corrected chi connectivity index (χ0v) is 8.44. The topological polar surface area (TPSA) is 44.5 Å². The highest BCUT2D eigenvalue weighted by atomic mass is 16.7. The number of ether oxygens (including phenoxy) is 2. The molecule has 1 aliphatic rings. The number of hydrogen-bond donors (Lipinski definition) is 1. The van der Waals surface area contributed by atoms with Gasteiger partial charge in [0.1, 0.15) is 6.10 Å². The number of hydrogen-bond acceptors (Lipinski definition) is 3. The highest BCUT2D eigenvalue weighted by molar-refractivity contribution is 5.48. The van der Waals surface area contributed by atoms with E-state index >= 15 is 0 Å². The van der Waals surface area contributed by atoms with Gasteiger partial charge in [-0.1, -0.05) is 18.2 Å². The van der Waals surface area contributed by atoms with E-state index in [1.165, 1.54) is 0 Å². The number of para-hydroxylation sites is 1. The van der Waals surface area contributed by atoms with Crippen molar-refractivity contribution in [2.75, 3.05) is 5.73 Å². The highest BCUT2D eigenvalue weighted by Crippen LogP contribution is 2.34. The fourth-order valence-corrected chi connectivity index (χ4v) is 1.82. The standard InChI is InChI=1S/C11H15NO2/c1-7-11(14-8(2)13-7)9-5-3-4-6-10(9)12/h3-8,11H,12H2,1-2H3. The maximum Gasteiger partial charge on any atom is 0.156 e. The number of rotatable bonds is 1. The van der Waals surface area contributed by atoms with Gasteiger partial charge in [-0.25, -0.2) is 0 Å². The Bertz CT molecular complexity index is 327. The van der Waals surface area contributed by atoms with Gasteiger partial charge in [-0.2, -0.15) is 0 Å². The molecule has 0 aromatic heterocycles. The maximum atomic E-state index is 5.87. The molecule has 0 amide bonds. The minimum absolute atomic E-state index is 0.0359. The number of nitrogens with two attached hydrogens (primary N) is 1. The van der Waals surface area contributed by atoms with Crippen molar-refractivity contribution in [2.24, 2.45) is 0 Å². The molecular weight excluding hydrogens is 178 g/mol. The third-order valence-electron chi connectivity index (χ3n) is 2.47. The molecular formula is C11H15NO2. The summed E-state index contributed by atoms with van der Waals surface area (Å²) in [5, 5.41) is 0. The van der Waals surface area contributed by atoms with E-state index in [1.54, 1.807) is 0 Å². The largest absolute Gasteiger partial charge is 0.398 e. The summed E-state index contributed by atoms with van der Waals surface area (Å²) in [5.74, 6) is 0. The first kappa shape index (κ1) is 9.49. The molecule has 2 rings (SSSR count). The van der Waals surface area contributed by atoms with Crippen molar-refractivity contribution >= 4 is 5.69 Å². The molecule has 1 fully saturated rings. The summed E-state index contributed by atoms with van der Waals surface area (Å²) >= 11 is 0. The average molecular weight is 193 g/mol. The van der Waals surface area contributed by atoms with E-state index in [0.29, 0.717) is 0 Å². The molecule has 0 bridgehead atoms. The SMILES string of the molecule is CC1OC(C)C(c2ccccc2N)O1. The maximum absolute atomic E-state index is 5.87. The lowest BCUT2D eigenvalue weighted by molar-refractivity contribution is -0.0493. The number of benzene rings is 1. The molecule has 1 aromatic rings. The Kier molecular flexibility index (Phi) is 2.44. The molecule has 3 atom stereocenters. The molecule has 3 unspecified atom stereocenters. The molecule has 3 heteroatoms. The summed E-state index contributed by atoms with van der Waals surface area (Å²) in [4.78, 5) is 0. The van der Waals surface area contributed by atoms with Crippen molar-refractivity contribution in [1.29, 1.82) is 0 Å². The first-order chi connectivity index (χ1) is 6.68. The van der Waals surface area contributed by atoms with Gasteiger partial charge in [0.2, 0.25) is 0 Å². The summed E-state index contributed by atoms with van der Waals surface area (Å²) in [5.41, 5.74) is 7.66. The zero-order chi connectivity index (χ0) is 10.1. The summed E-state index contributed by atoms with van der Waals surface area (Å²) in [6.07, 6.45) is -0.115. The zero-order valence-electron chi connectivity index (χ0n) is 8.44. The van der Waals surface area contributed by atoms with Crippen LogP contribution >= 0.6 is 0 Å². The normalized spacial score (nSPS) is 32.0. The molecule has 1 aliphatic heterocycles. The van der Waals surface area contributed by atoms with Gasteiger partial charge < -0.3 is 15.2 Å². The first-order valence-electron chi connectivity index (χ1n) is 4.84. The van der Waals surface area contributed by atoms with Crippen molar-refractivity contribution < 1.29 is 9.47 Å². The third-order valence-corrected chi connectivity index (χ3v) is 2.47. The van der Waals surface area contributed by atoms with Gasteiger partial charge in [-0.3, -0.25) is 0 Å². The lowest BCUT2D eigenvalue weighted by Gasteiger charge is -2.14. The van der Waals surface area contributed by atoms with Gasteiger partial charge in [0.15, 0.2) is 6.29 Å². The second-order valence-electron chi connectivity index (χ2n) is 3.59. The fourth-order valence-electron chi connectivity index (χ4n) is 1.82. The van der Waals surface area contributed by atoms with Gasteiger partial charge in [0, 0.05) is 11.3 Å². The van der Waals surface area contributed by atoms with E-state index in [1.807, 2.05) is 38.1 Å². The van der Waals surface area contributed by atoms with Crippen LogP contribution in [0.4, 0.5) is 5.69 Å². The van der Waals surface area contributed by atoms with Crippen LogP contribution in [0.2, 0.25) is 0 Å². The van der Waals surface area contributed by atoms with Crippen molar-refractivity contribution in [2.45, 2.75) is 32.3 Å². The molecule has 1 aromatic carbocycles. The van der Waals surface area contributed by atoms with Gasteiger partial charge in [0.25, 0.3) is 0 Å². The van der Waals surface area contributed by atoms with Crippen molar-refractivity contribution in [3.8, 4) is 0 Å². The molecule has 76 valence electrons. The fraction of sp³-hybridized carbons (Fsp3) is 0.455. The van der Waals surface area contributed by atoms with E-state index in [4.69, 9.17) is 15.2 Å². The Labute approximate surface area is 83.8 Å². The predicted molar refractivity (Wildman–Crippen MR) is 54.7 cm³/mol. The van der Waals surface area contributed by atoms with Crippen LogP contribution in [0.3, 0.4) is 0 Å². The van der Waals surface area contributed by atoms with Crippen molar-refractivity contribution in [3.63, 3.8) is 0 Å².